The maximum Gasteiger partial charge on any atom is 0.250 e. The lowest BCUT2D eigenvalue weighted by atomic mass is 9.90. The van der Waals surface area contributed by atoms with Crippen molar-refractivity contribution in [3.05, 3.63) is 81.2 Å². The van der Waals surface area contributed by atoms with Crippen molar-refractivity contribution in [2.24, 2.45) is 7.05 Å². The van der Waals surface area contributed by atoms with Gasteiger partial charge in [-0.05, 0) is 62.1 Å². The van der Waals surface area contributed by atoms with Crippen LogP contribution in [0.3, 0.4) is 0 Å². The Morgan fingerprint density at radius 1 is 1.06 bits per heavy atom. The second-order valence-corrected chi connectivity index (χ2v) is 14.6. The van der Waals surface area contributed by atoms with Gasteiger partial charge in [0.15, 0.2) is 9.84 Å². The van der Waals surface area contributed by atoms with E-state index in [9.17, 15) is 17.8 Å². The van der Waals surface area contributed by atoms with E-state index in [1.54, 1.807) is 38.4 Å². The number of hydrogen-bond donors (Lipinski definition) is 1. The van der Waals surface area contributed by atoms with Crippen LogP contribution < -0.4 is 10.3 Å². The average molecular weight is 549 g/mol. The lowest BCUT2D eigenvalue weighted by Crippen LogP contribution is -2.41. The van der Waals surface area contributed by atoms with Crippen molar-refractivity contribution in [2.75, 3.05) is 5.75 Å². The average Bonchev–Trinajstić information content (AvgIpc) is 2.80. The van der Waals surface area contributed by atoms with E-state index in [0.717, 1.165) is 22.3 Å². The van der Waals surface area contributed by atoms with Gasteiger partial charge in [-0.25, -0.2) is 8.42 Å². The number of nitrogens with zero attached hydrogens (tertiary/aromatic N) is 1. The fourth-order valence-corrected chi connectivity index (χ4v) is 5.73. The maximum atomic E-state index is 12.9. The molecule has 6 nitrogen and oxygen atoms in total. The molecular formula is C27H33ClN2O4S2. The molecule has 3 aromatic rings. The van der Waals surface area contributed by atoms with Crippen LogP contribution in [0.15, 0.2) is 59.5 Å². The number of hydrogen-bond acceptors (Lipinski definition) is 5. The number of aryl methyl sites for hydroxylation is 1. The highest BCUT2D eigenvalue weighted by atomic mass is 35.5. The molecule has 3 rings (SSSR count). The monoisotopic (exact) mass is 548 g/mol. The van der Waals surface area contributed by atoms with E-state index in [4.69, 9.17) is 11.6 Å². The van der Waals surface area contributed by atoms with E-state index < -0.39 is 32.0 Å². The molecule has 0 aliphatic rings. The number of rotatable bonds is 8. The van der Waals surface area contributed by atoms with Gasteiger partial charge in [-0.15, -0.1) is 4.72 Å². The van der Waals surface area contributed by atoms with E-state index in [1.807, 2.05) is 58.0 Å². The predicted molar refractivity (Wildman–Crippen MR) is 150 cm³/mol. The van der Waals surface area contributed by atoms with Crippen LogP contribution in [0, 0.1) is 0 Å². The molecule has 0 bridgehead atoms. The van der Waals surface area contributed by atoms with E-state index in [1.165, 1.54) is 4.57 Å². The summed E-state index contributed by atoms with van der Waals surface area (Å²) in [7, 11) is -1.60. The third-order valence-electron chi connectivity index (χ3n) is 5.93. The Balaban J connectivity index is 2.29. The number of halogens is 1. The summed E-state index contributed by atoms with van der Waals surface area (Å²) in [6.45, 7) is 9.12. The van der Waals surface area contributed by atoms with Crippen molar-refractivity contribution >= 4 is 32.8 Å². The van der Waals surface area contributed by atoms with Crippen LogP contribution >= 0.6 is 11.6 Å². The van der Waals surface area contributed by atoms with Crippen molar-refractivity contribution in [2.45, 2.75) is 51.2 Å². The first-order chi connectivity index (χ1) is 16.7. The third kappa shape index (κ3) is 6.61. The summed E-state index contributed by atoms with van der Waals surface area (Å²) in [5.74, 6) is -0.0541. The Morgan fingerprint density at radius 2 is 1.72 bits per heavy atom. The smallest absolute Gasteiger partial charge is 0.250 e. The van der Waals surface area contributed by atoms with E-state index in [-0.39, 0.29) is 17.1 Å². The first-order valence-corrected chi connectivity index (χ1v) is 15.1. The second-order valence-electron chi connectivity index (χ2n) is 9.85. The molecule has 0 amide bonds. The van der Waals surface area contributed by atoms with Crippen LogP contribution in [-0.2, 0) is 34.0 Å². The van der Waals surface area contributed by atoms with Crippen LogP contribution in [0.2, 0.25) is 5.02 Å². The first-order valence-electron chi connectivity index (χ1n) is 11.7. The summed E-state index contributed by atoms with van der Waals surface area (Å²) < 4.78 is 41.8. The summed E-state index contributed by atoms with van der Waals surface area (Å²) in [6, 6.07) is 14.1. The minimum Gasteiger partial charge on any atom is -0.598 e. The van der Waals surface area contributed by atoms with Gasteiger partial charge in [-0.2, -0.15) is 0 Å². The van der Waals surface area contributed by atoms with Crippen LogP contribution in [-0.4, -0.2) is 28.0 Å². The minimum absolute atomic E-state index is 0.0409. The summed E-state index contributed by atoms with van der Waals surface area (Å²) in [6.07, 6.45) is 1.74. The summed E-state index contributed by atoms with van der Waals surface area (Å²) >= 11 is 5.19. The molecule has 0 fully saturated rings. The number of aromatic nitrogens is 1. The van der Waals surface area contributed by atoms with Crippen LogP contribution in [0.5, 0.6) is 0 Å². The van der Waals surface area contributed by atoms with Crippen molar-refractivity contribution < 1.29 is 13.0 Å². The molecule has 2 atom stereocenters. The standard InChI is InChI=1S/C27H33ClN2O4S2/c1-7-36(33,34)17-19-12-13-20(21-10-8-9-11-25(21)28)23(14-19)24-16-30(6)26(31)15-22(24)18(2)29-35(32)27(3,4)5/h8-16,18,29H,7,17H2,1-6H3/t18?,35-/m0/s1. The Hall–Kier alpha value is -2.10. The minimum atomic E-state index is -3.26. The zero-order valence-corrected chi connectivity index (χ0v) is 23.9. The molecule has 0 radical (unpaired) electrons. The van der Waals surface area contributed by atoms with Gasteiger partial charge in [-0.3, -0.25) is 4.79 Å². The van der Waals surface area contributed by atoms with Gasteiger partial charge in [-0.1, -0.05) is 48.9 Å². The van der Waals surface area contributed by atoms with E-state index in [0.29, 0.717) is 16.1 Å². The van der Waals surface area contributed by atoms with Crippen molar-refractivity contribution in [1.29, 1.82) is 0 Å². The highest BCUT2D eigenvalue weighted by molar-refractivity contribution is 7.91. The van der Waals surface area contributed by atoms with Crippen LogP contribution in [0.4, 0.5) is 0 Å². The Kier molecular flexibility index (Phi) is 8.78. The molecule has 0 spiro atoms. The van der Waals surface area contributed by atoms with Crippen molar-refractivity contribution in [1.82, 2.24) is 9.29 Å². The Morgan fingerprint density at radius 3 is 2.33 bits per heavy atom. The van der Waals surface area contributed by atoms with Gasteiger partial charge in [0.1, 0.15) is 4.75 Å². The topological polar surface area (TPSA) is 91.2 Å². The Bertz CT molecular complexity index is 1410. The van der Waals surface area contributed by atoms with Gasteiger partial charge < -0.3 is 9.12 Å². The molecular weight excluding hydrogens is 516 g/mol. The van der Waals surface area contributed by atoms with Gasteiger partial charge in [0.2, 0.25) is 0 Å². The third-order valence-corrected chi connectivity index (χ3v) is 9.59. The zero-order valence-electron chi connectivity index (χ0n) is 21.5. The molecule has 9 heteroatoms. The number of nitrogens with one attached hydrogen (secondary N) is 1. The molecule has 0 saturated carbocycles. The summed E-state index contributed by atoms with van der Waals surface area (Å²) in [5.41, 5.74) is 4.18. The Labute approximate surface area is 221 Å². The fraction of sp³-hybridized carbons (Fsp3) is 0.370. The molecule has 0 saturated heterocycles. The number of benzene rings is 2. The molecule has 1 heterocycles. The molecule has 0 aliphatic carbocycles. The molecule has 0 aliphatic heterocycles. The van der Waals surface area contributed by atoms with Gasteiger partial charge in [0.25, 0.3) is 5.56 Å². The number of sulfone groups is 1. The van der Waals surface area contributed by atoms with Crippen LogP contribution in [0.25, 0.3) is 22.3 Å². The first kappa shape index (κ1) is 28.5. The fourth-order valence-electron chi connectivity index (χ4n) is 3.80. The highest BCUT2D eigenvalue weighted by Gasteiger charge is 2.30. The van der Waals surface area contributed by atoms with Gasteiger partial charge in [0, 0.05) is 52.6 Å². The van der Waals surface area contributed by atoms with E-state index in [2.05, 4.69) is 4.72 Å². The molecule has 2 aromatic carbocycles. The maximum absolute atomic E-state index is 12.9. The molecule has 1 N–H and O–H groups in total. The second kappa shape index (κ2) is 11.1. The van der Waals surface area contributed by atoms with E-state index >= 15 is 0 Å². The van der Waals surface area contributed by atoms with Gasteiger partial charge >= 0.3 is 0 Å². The van der Waals surface area contributed by atoms with Gasteiger partial charge in [0.05, 0.1) is 11.8 Å². The zero-order chi connectivity index (χ0) is 26.8. The molecule has 1 unspecified atom stereocenters. The SMILES string of the molecule is CCS(=O)(=O)Cc1ccc(-c2ccccc2Cl)c(-c2cn(C)c(=O)cc2C(C)N[S@@+]([O-])C(C)(C)C)c1. The lowest BCUT2D eigenvalue weighted by Gasteiger charge is -2.28. The number of pyridine rings is 1. The van der Waals surface area contributed by atoms with Crippen molar-refractivity contribution in [3.63, 3.8) is 0 Å². The normalized spacial score (nSPS) is 14.0. The largest absolute Gasteiger partial charge is 0.598 e. The molecule has 1 aromatic heterocycles. The van der Waals surface area contributed by atoms with Crippen LogP contribution in [0.1, 0.15) is 51.8 Å². The summed E-state index contributed by atoms with van der Waals surface area (Å²) in [5, 5.41) is 0.555. The molecule has 194 valence electrons. The van der Waals surface area contributed by atoms with Crippen molar-refractivity contribution in [3.8, 4) is 22.3 Å². The predicted octanol–water partition coefficient (Wildman–Crippen LogP) is 5.42. The summed E-state index contributed by atoms with van der Waals surface area (Å²) in [4.78, 5) is 12.7. The molecule has 36 heavy (non-hydrogen) atoms. The lowest BCUT2D eigenvalue weighted by molar-refractivity contribution is 0.531. The quantitative estimate of drug-likeness (QED) is 0.379. The highest BCUT2D eigenvalue weighted by Crippen LogP contribution is 2.39.